The summed E-state index contributed by atoms with van der Waals surface area (Å²) in [7, 11) is 0. The summed E-state index contributed by atoms with van der Waals surface area (Å²) in [5.41, 5.74) is 23.5. The molecule has 1 fully saturated rings. The number of aliphatic carboxylic acids is 2. The van der Waals surface area contributed by atoms with Crippen LogP contribution < -0.4 is 60.2 Å². The van der Waals surface area contributed by atoms with E-state index < -0.39 is 145 Å². The highest BCUT2D eigenvalue weighted by Gasteiger charge is 2.41. The third-order valence-electron chi connectivity index (χ3n) is 12.6. The highest BCUT2D eigenvalue weighted by atomic mass is 16.4. The number of aromatic amines is 1. The maximum absolute atomic E-state index is 14.3. The first-order valence-electron chi connectivity index (χ1n) is 25.5. The van der Waals surface area contributed by atoms with E-state index in [2.05, 4.69) is 52.2 Å². The summed E-state index contributed by atoms with van der Waals surface area (Å²) < 4.78 is 0. The van der Waals surface area contributed by atoms with Crippen molar-refractivity contribution in [2.45, 2.75) is 126 Å². The van der Waals surface area contributed by atoms with Gasteiger partial charge in [-0.05, 0) is 74.4 Å². The smallest absolute Gasteiger partial charge is 0.326 e. The zero-order chi connectivity index (χ0) is 59.9. The molecule has 3 aromatic rings. The maximum atomic E-state index is 14.3. The first-order valence-corrected chi connectivity index (χ1v) is 25.5. The van der Waals surface area contributed by atoms with E-state index in [1.54, 1.807) is 0 Å². The summed E-state index contributed by atoms with van der Waals surface area (Å²) in [6, 6.07) is -1.59. The SMILES string of the molecule is C[C@@H](O)[C@H](NC(=O)[C@@H]1CCCN1C(=O)[C@H](CC(N)=O)NC(=O)[C@H](CCC(=O)O)NC(=O)[C@H](Cc1ccc(O)cc1)NC(=O)CNC(=O)[C@@H](N)Cc1cnc[nH]1)C(=O)N[C@@H](Cc1ccc(O)cc1)C(=O)N[C@@H](CCCN=C(N)N)C(=O)O. The Labute approximate surface area is 462 Å². The Balaban J connectivity index is 1.52. The first-order chi connectivity index (χ1) is 38.3. The number of aromatic nitrogens is 2. The van der Waals surface area contributed by atoms with E-state index >= 15 is 0 Å². The standard InChI is InChI=1S/C50H69N15O16/c1-25(66)41(47(78)62-35(19-27-8-12-30(68)13-9-27)45(76)61-33(49(80)81)4-2-16-56-50(53)54)64-46(77)37-5-3-17-65(37)48(79)36(21-38(52)69)63-43(74)32(14-15-40(71)72)60-44(75)34(18-26-6-10-29(67)11-7-26)59-39(70)23-57-42(73)31(51)20-28-22-55-24-58-28/h6-13,22,24-25,31-37,41,66-68H,2-5,14-21,23,51H2,1H3,(H2,52,69)(H,55,58)(H,57,73)(H,59,70)(H,60,75)(H,61,76)(H,62,78)(H,63,74)(H,64,77)(H,71,72)(H,80,81)(H4,53,54,56)/t25-,31+,32+,33+,34+,35+,36+,37+,41+/m1/s1. The average Bonchev–Trinajstić information content (AvgIpc) is 4.13. The molecule has 1 aliphatic heterocycles. The van der Waals surface area contributed by atoms with Gasteiger partial charge < -0.3 is 95.6 Å². The summed E-state index contributed by atoms with van der Waals surface area (Å²) in [4.78, 5) is 158. The van der Waals surface area contributed by atoms with Crippen molar-refractivity contribution in [1.82, 2.24) is 52.1 Å². The van der Waals surface area contributed by atoms with Crippen molar-refractivity contribution in [3.05, 3.63) is 77.9 Å². The Morgan fingerprint density at radius 3 is 1.80 bits per heavy atom. The van der Waals surface area contributed by atoms with Gasteiger partial charge in [0.1, 0.15) is 53.8 Å². The molecule has 21 N–H and O–H groups in total. The number of nitrogens with one attached hydrogen (secondary N) is 8. The minimum atomic E-state index is -1.85. The number of carboxylic acid groups (broad SMARTS) is 2. The van der Waals surface area contributed by atoms with Crippen LogP contribution >= 0.6 is 0 Å². The zero-order valence-electron chi connectivity index (χ0n) is 44.0. The van der Waals surface area contributed by atoms with Gasteiger partial charge in [0.05, 0.1) is 31.4 Å². The van der Waals surface area contributed by atoms with Gasteiger partial charge in [-0.1, -0.05) is 24.3 Å². The molecule has 2 heterocycles. The van der Waals surface area contributed by atoms with Crippen LogP contribution in [0.5, 0.6) is 11.5 Å². The number of imidazole rings is 1. The molecule has 440 valence electrons. The fourth-order valence-corrected chi connectivity index (χ4v) is 8.36. The highest BCUT2D eigenvalue weighted by molar-refractivity contribution is 5.99. The highest BCUT2D eigenvalue weighted by Crippen LogP contribution is 2.21. The molecule has 1 aromatic heterocycles. The molecule has 0 radical (unpaired) electrons. The van der Waals surface area contributed by atoms with Gasteiger partial charge in [-0.25, -0.2) is 9.78 Å². The fraction of sp³-hybridized carbons (Fsp3) is 0.460. The first kappa shape index (κ1) is 64.1. The molecule has 0 spiro atoms. The van der Waals surface area contributed by atoms with Gasteiger partial charge >= 0.3 is 11.9 Å². The molecule has 0 unspecified atom stereocenters. The van der Waals surface area contributed by atoms with Crippen molar-refractivity contribution in [2.24, 2.45) is 27.9 Å². The quantitative estimate of drug-likeness (QED) is 0.0157. The monoisotopic (exact) mass is 1140 g/mol. The van der Waals surface area contributed by atoms with E-state index in [1.165, 1.54) is 61.1 Å². The number of aliphatic hydroxyl groups excluding tert-OH is 1. The number of hydrogen-bond acceptors (Lipinski definition) is 17. The lowest BCUT2D eigenvalue weighted by atomic mass is 10.0. The minimum Gasteiger partial charge on any atom is -0.508 e. The summed E-state index contributed by atoms with van der Waals surface area (Å²) in [5, 5.41) is 66.7. The summed E-state index contributed by atoms with van der Waals surface area (Å²) >= 11 is 0. The summed E-state index contributed by atoms with van der Waals surface area (Å²) in [6.45, 7) is 0.350. The number of carbonyl (C=O) groups excluding carboxylic acids is 9. The van der Waals surface area contributed by atoms with Crippen LogP contribution in [0, 0.1) is 0 Å². The largest absolute Gasteiger partial charge is 0.508 e. The molecular formula is C50H69N15O16. The number of carbonyl (C=O) groups is 11. The van der Waals surface area contributed by atoms with Crippen molar-refractivity contribution >= 4 is 71.1 Å². The number of hydrogen-bond donors (Lipinski definition) is 17. The fourth-order valence-electron chi connectivity index (χ4n) is 8.36. The minimum absolute atomic E-state index is 0.0388. The van der Waals surface area contributed by atoms with Crippen molar-refractivity contribution in [2.75, 3.05) is 19.6 Å². The number of guanidine groups is 1. The predicted molar refractivity (Wildman–Crippen MR) is 283 cm³/mol. The second-order valence-corrected chi connectivity index (χ2v) is 19.0. The Bertz CT molecular complexity index is 2720. The van der Waals surface area contributed by atoms with Gasteiger partial charge in [0.25, 0.3) is 0 Å². The van der Waals surface area contributed by atoms with Crippen LogP contribution in [0.25, 0.3) is 0 Å². The number of H-pyrrole nitrogens is 1. The number of primary amides is 1. The summed E-state index contributed by atoms with van der Waals surface area (Å²) in [5.74, 6) is -12.5. The molecule has 31 nitrogen and oxygen atoms in total. The number of phenolic OH excluding ortho intramolecular Hbond substituents is 2. The van der Waals surface area contributed by atoms with Gasteiger partial charge in [-0.15, -0.1) is 0 Å². The van der Waals surface area contributed by atoms with Gasteiger partial charge in [-0.3, -0.25) is 52.9 Å². The molecule has 4 rings (SSSR count). The average molecular weight is 1140 g/mol. The molecule has 1 aliphatic rings. The number of likely N-dealkylation sites (tertiary alicyclic amines) is 1. The number of aliphatic imine (C=N–C) groups is 1. The van der Waals surface area contributed by atoms with Gasteiger partial charge in [-0.2, -0.15) is 0 Å². The van der Waals surface area contributed by atoms with E-state index in [0.717, 1.165) is 11.8 Å². The van der Waals surface area contributed by atoms with Gasteiger partial charge in [0, 0.05) is 50.7 Å². The second-order valence-electron chi connectivity index (χ2n) is 19.0. The van der Waals surface area contributed by atoms with Gasteiger partial charge in [0.2, 0.25) is 53.2 Å². The van der Waals surface area contributed by atoms with Crippen LogP contribution in [0.15, 0.2) is 66.0 Å². The number of benzene rings is 2. The lowest BCUT2D eigenvalue weighted by Gasteiger charge is -2.31. The molecule has 0 bridgehead atoms. The second kappa shape index (κ2) is 31.3. The third-order valence-corrected chi connectivity index (χ3v) is 12.6. The van der Waals surface area contributed by atoms with E-state index in [1.807, 2.05) is 0 Å². The van der Waals surface area contributed by atoms with Crippen LogP contribution in [-0.2, 0) is 72.0 Å². The van der Waals surface area contributed by atoms with Crippen LogP contribution in [0.3, 0.4) is 0 Å². The molecule has 2 aromatic carbocycles. The maximum Gasteiger partial charge on any atom is 0.326 e. The van der Waals surface area contributed by atoms with E-state index in [0.29, 0.717) is 16.8 Å². The molecule has 0 saturated carbocycles. The molecule has 1 saturated heterocycles. The molecule has 9 atom stereocenters. The Hall–Kier alpha value is -9.39. The number of nitrogens with two attached hydrogens (primary N) is 4. The molecular weight excluding hydrogens is 1070 g/mol. The Kier molecular flexibility index (Phi) is 24.8. The van der Waals surface area contributed by atoms with Crippen molar-refractivity contribution in [3.63, 3.8) is 0 Å². The van der Waals surface area contributed by atoms with E-state index in [9.17, 15) is 78.3 Å². The number of aromatic hydroxyl groups is 2. The van der Waals surface area contributed by atoms with Gasteiger partial charge in [0.15, 0.2) is 5.96 Å². The van der Waals surface area contributed by atoms with Crippen LogP contribution in [0.4, 0.5) is 0 Å². The normalized spacial score (nSPS) is 15.8. The van der Waals surface area contributed by atoms with Crippen molar-refractivity contribution in [1.29, 1.82) is 0 Å². The predicted octanol–water partition coefficient (Wildman–Crippen LogP) is -5.55. The molecule has 31 heteroatoms. The van der Waals surface area contributed by atoms with Crippen molar-refractivity contribution in [3.8, 4) is 11.5 Å². The number of aliphatic hydroxyl groups is 1. The molecule has 9 amide bonds. The van der Waals surface area contributed by atoms with Crippen LogP contribution in [0.1, 0.15) is 68.7 Å². The Morgan fingerprint density at radius 1 is 0.716 bits per heavy atom. The van der Waals surface area contributed by atoms with E-state index in [4.69, 9.17) is 22.9 Å². The lowest BCUT2D eigenvalue weighted by molar-refractivity contribution is -0.144. The number of carboxylic acids is 2. The molecule has 0 aliphatic carbocycles. The summed E-state index contributed by atoms with van der Waals surface area (Å²) in [6.07, 6.45) is -1.45. The van der Waals surface area contributed by atoms with Crippen LogP contribution in [0.2, 0.25) is 0 Å². The van der Waals surface area contributed by atoms with Crippen LogP contribution in [-0.4, -0.2) is 186 Å². The van der Waals surface area contributed by atoms with Crippen molar-refractivity contribution < 1.29 is 78.3 Å². The number of rotatable bonds is 32. The number of amides is 9. The zero-order valence-corrected chi connectivity index (χ0v) is 44.0. The van der Waals surface area contributed by atoms with E-state index in [-0.39, 0.29) is 75.5 Å². The Morgan fingerprint density at radius 2 is 1.27 bits per heavy atom. The number of nitrogens with zero attached hydrogens (tertiary/aromatic N) is 3. The lowest BCUT2D eigenvalue weighted by Crippen LogP contribution is -2.61. The molecule has 81 heavy (non-hydrogen) atoms. The number of phenols is 2. The topological polar surface area (TPSA) is 521 Å². The third kappa shape index (κ3) is 21.4.